The smallest absolute Gasteiger partial charge is 0.310 e. The molecule has 1 aliphatic heterocycles. The molecule has 0 N–H and O–H groups in total. The summed E-state index contributed by atoms with van der Waals surface area (Å²) >= 11 is 0. The zero-order valence-electron chi connectivity index (χ0n) is 12.0. The van der Waals surface area contributed by atoms with Crippen molar-refractivity contribution < 1.29 is 14.3 Å². The lowest BCUT2D eigenvalue weighted by Crippen LogP contribution is -2.43. The molecule has 1 aromatic carbocycles. The Bertz CT molecular complexity index is 560. The third-order valence-corrected chi connectivity index (χ3v) is 3.75. The highest BCUT2D eigenvalue weighted by Gasteiger charge is 2.28. The lowest BCUT2D eigenvalue weighted by Gasteiger charge is -2.31. The molecule has 0 bridgehead atoms. The monoisotopic (exact) mass is 286 g/mol. The molecule has 2 rings (SSSR count). The van der Waals surface area contributed by atoms with Gasteiger partial charge in [-0.05, 0) is 30.5 Å². The molecular weight excluding hydrogens is 268 g/mol. The van der Waals surface area contributed by atoms with E-state index in [2.05, 4.69) is 0 Å². The minimum atomic E-state index is -0.245. The molecule has 1 heterocycles. The van der Waals surface area contributed by atoms with Gasteiger partial charge in [0.2, 0.25) is 5.91 Å². The second-order valence-electron chi connectivity index (χ2n) is 5.19. The normalized spacial score (nSPS) is 17.9. The first-order valence-electron chi connectivity index (χ1n) is 6.98. The highest BCUT2D eigenvalue weighted by atomic mass is 16.5. The Morgan fingerprint density at radius 1 is 1.38 bits per heavy atom. The minimum absolute atomic E-state index is 0.00770. The van der Waals surface area contributed by atoms with E-state index in [1.54, 1.807) is 29.2 Å². The molecule has 1 aliphatic rings. The summed E-state index contributed by atoms with van der Waals surface area (Å²) in [6.07, 6.45) is 1.88. The van der Waals surface area contributed by atoms with E-state index in [0.717, 1.165) is 18.4 Å². The molecule has 5 nitrogen and oxygen atoms in total. The van der Waals surface area contributed by atoms with Gasteiger partial charge in [-0.2, -0.15) is 5.26 Å². The number of carbonyl (C=O) groups excluding carboxylic acids is 2. The fraction of sp³-hybridized carbons (Fsp3) is 0.438. The number of methoxy groups -OCH3 is 1. The van der Waals surface area contributed by atoms with Gasteiger partial charge in [0, 0.05) is 13.1 Å². The van der Waals surface area contributed by atoms with E-state index in [9.17, 15) is 9.59 Å². The number of hydrogen-bond acceptors (Lipinski definition) is 4. The summed E-state index contributed by atoms with van der Waals surface area (Å²) in [5.74, 6) is -0.451. The maximum atomic E-state index is 12.3. The highest BCUT2D eigenvalue weighted by Crippen LogP contribution is 2.18. The molecule has 0 radical (unpaired) electrons. The molecule has 1 unspecified atom stereocenters. The van der Waals surface area contributed by atoms with E-state index in [-0.39, 0.29) is 17.8 Å². The number of likely N-dealkylation sites (tertiary alicyclic amines) is 1. The summed E-state index contributed by atoms with van der Waals surface area (Å²) in [5.41, 5.74) is 1.45. The van der Waals surface area contributed by atoms with Crippen molar-refractivity contribution in [3.63, 3.8) is 0 Å². The summed E-state index contributed by atoms with van der Waals surface area (Å²) < 4.78 is 4.75. The topological polar surface area (TPSA) is 70.4 Å². The number of nitriles is 1. The average Bonchev–Trinajstić information content (AvgIpc) is 2.55. The molecule has 0 saturated carbocycles. The van der Waals surface area contributed by atoms with Gasteiger partial charge in [0.05, 0.1) is 31.1 Å². The average molecular weight is 286 g/mol. The summed E-state index contributed by atoms with van der Waals surface area (Å²) in [4.78, 5) is 25.6. The minimum Gasteiger partial charge on any atom is -0.469 e. The van der Waals surface area contributed by atoms with Crippen LogP contribution >= 0.6 is 0 Å². The van der Waals surface area contributed by atoms with Gasteiger partial charge < -0.3 is 9.64 Å². The van der Waals surface area contributed by atoms with Gasteiger partial charge in [-0.3, -0.25) is 9.59 Å². The number of amides is 1. The molecule has 1 aromatic rings. The van der Waals surface area contributed by atoms with Crippen LogP contribution in [-0.2, 0) is 20.7 Å². The van der Waals surface area contributed by atoms with Crippen molar-refractivity contribution in [2.45, 2.75) is 19.3 Å². The number of rotatable bonds is 3. The van der Waals surface area contributed by atoms with Crippen molar-refractivity contribution in [1.82, 2.24) is 4.90 Å². The van der Waals surface area contributed by atoms with Crippen LogP contribution in [0.4, 0.5) is 0 Å². The number of benzene rings is 1. The van der Waals surface area contributed by atoms with E-state index in [1.165, 1.54) is 7.11 Å². The van der Waals surface area contributed by atoms with Crippen LogP contribution in [0.5, 0.6) is 0 Å². The number of carbonyl (C=O) groups is 2. The first-order valence-corrected chi connectivity index (χ1v) is 6.98. The standard InChI is InChI=1S/C16H18N2O3/c1-21-16(20)14-3-2-8-18(11-14)15(19)9-12-4-6-13(10-17)7-5-12/h4-7,14H,2-3,8-9,11H2,1H3. The van der Waals surface area contributed by atoms with Gasteiger partial charge in [0.1, 0.15) is 0 Å². The predicted molar refractivity (Wildman–Crippen MR) is 76.2 cm³/mol. The maximum Gasteiger partial charge on any atom is 0.310 e. The van der Waals surface area contributed by atoms with E-state index >= 15 is 0 Å². The molecule has 1 amide bonds. The molecular formula is C16H18N2O3. The number of esters is 1. The highest BCUT2D eigenvalue weighted by molar-refractivity contribution is 5.80. The molecule has 0 aliphatic carbocycles. The van der Waals surface area contributed by atoms with Crippen LogP contribution in [0.1, 0.15) is 24.0 Å². The summed E-state index contributed by atoms with van der Waals surface area (Å²) in [5, 5.41) is 8.75. The Hall–Kier alpha value is -2.35. The summed E-state index contributed by atoms with van der Waals surface area (Å²) in [6, 6.07) is 9.04. The molecule has 1 fully saturated rings. The Kier molecular flexibility index (Phi) is 4.94. The number of piperidine rings is 1. The van der Waals surface area contributed by atoms with Crippen molar-refractivity contribution >= 4 is 11.9 Å². The fourth-order valence-electron chi connectivity index (χ4n) is 2.55. The Morgan fingerprint density at radius 2 is 2.10 bits per heavy atom. The van der Waals surface area contributed by atoms with Gasteiger partial charge in [0.15, 0.2) is 0 Å². The molecule has 0 aromatic heterocycles. The van der Waals surface area contributed by atoms with Gasteiger partial charge in [-0.1, -0.05) is 12.1 Å². The van der Waals surface area contributed by atoms with Crippen molar-refractivity contribution in [3.05, 3.63) is 35.4 Å². The molecule has 5 heteroatoms. The van der Waals surface area contributed by atoms with Gasteiger partial charge in [0.25, 0.3) is 0 Å². The zero-order chi connectivity index (χ0) is 15.2. The Labute approximate surface area is 124 Å². The lowest BCUT2D eigenvalue weighted by atomic mass is 9.97. The predicted octanol–water partition coefficient (Wildman–Crippen LogP) is 1.51. The van der Waals surface area contributed by atoms with Crippen molar-refractivity contribution in [2.24, 2.45) is 5.92 Å². The van der Waals surface area contributed by atoms with E-state index in [1.807, 2.05) is 6.07 Å². The van der Waals surface area contributed by atoms with Crippen LogP contribution in [0.3, 0.4) is 0 Å². The molecule has 21 heavy (non-hydrogen) atoms. The van der Waals surface area contributed by atoms with Crippen LogP contribution in [-0.4, -0.2) is 37.0 Å². The Balaban J connectivity index is 1.96. The van der Waals surface area contributed by atoms with Crippen LogP contribution in [0, 0.1) is 17.2 Å². The number of nitrogens with zero attached hydrogens (tertiary/aromatic N) is 2. The third-order valence-electron chi connectivity index (χ3n) is 3.75. The summed E-state index contributed by atoms with van der Waals surface area (Å²) in [6.45, 7) is 1.12. The maximum absolute atomic E-state index is 12.3. The van der Waals surface area contributed by atoms with E-state index in [4.69, 9.17) is 10.00 Å². The van der Waals surface area contributed by atoms with Crippen LogP contribution in [0.25, 0.3) is 0 Å². The quantitative estimate of drug-likeness (QED) is 0.790. The second-order valence-corrected chi connectivity index (χ2v) is 5.19. The van der Waals surface area contributed by atoms with Crippen LogP contribution in [0.15, 0.2) is 24.3 Å². The Morgan fingerprint density at radius 3 is 2.71 bits per heavy atom. The van der Waals surface area contributed by atoms with E-state index < -0.39 is 0 Å². The van der Waals surface area contributed by atoms with Crippen molar-refractivity contribution in [2.75, 3.05) is 20.2 Å². The molecule has 1 atom stereocenters. The van der Waals surface area contributed by atoms with Crippen LogP contribution in [0.2, 0.25) is 0 Å². The molecule has 1 saturated heterocycles. The van der Waals surface area contributed by atoms with Crippen molar-refractivity contribution in [3.8, 4) is 6.07 Å². The van der Waals surface area contributed by atoms with Gasteiger partial charge >= 0.3 is 5.97 Å². The van der Waals surface area contributed by atoms with E-state index in [0.29, 0.717) is 25.1 Å². The summed E-state index contributed by atoms with van der Waals surface area (Å²) in [7, 11) is 1.37. The van der Waals surface area contributed by atoms with Gasteiger partial charge in [-0.15, -0.1) is 0 Å². The molecule has 110 valence electrons. The zero-order valence-corrected chi connectivity index (χ0v) is 12.0. The fourth-order valence-corrected chi connectivity index (χ4v) is 2.55. The first-order chi connectivity index (χ1) is 10.1. The van der Waals surface area contributed by atoms with Crippen molar-refractivity contribution in [1.29, 1.82) is 5.26 Å². The van der Waals surface area contributed by atoms with Gasteiger partial charge in [-0.25, -0.2) is 0 Å². The number of ether oxygens (including phenoxy) is 1. The SMILES string of the molecule is COC(=O)C1CCCN(C(=O)Cc2ccc(C#N)cc2)C1. The first kappa shape index (κ1) is 15.0. The lowest BCUT2D eigenvalue weighted by molar-refractivity contribution is -0.148. The number of hydrogen-bond donors (Lipinski definition) is 0. The third kappa shape index (κ3) is 3.82. The second kappa shape index (κ2) is 6.89. The molecule has 0 spiro atoms. The largest absolute Gasteiger partial charge is 0.469 e. The van der Waals surface area contributed by atoms with Crippen LogP contribution < -0.4 is 0 Å².